The van der Waals surface area contributed by atoms with Crippen LogP contribution in [0.5, 0.6) is 0 Å². The highest BCUT2D eigenvalue weighted by atomic mass is 32.2. The van der Waals surface area contributed by atoms with Crippen molar-refractivity contribution >= 4 is 21.6 Å². The maximum absolute atomic E-state index is 14.1. The molecule has 1 fully saturated rings. The molecule has 1 saturated heterocycles. The van der Waals surface area contributed by atoms with Crippen LogP contribution in [-0.4, -0.2) is 49.7 Å². The van der Waals surface area contributed by atoms with Gasteiger partial charge >= 0.3 is 0 Å². The second kappa shape index (κ2) is 9.78. The molecule has 1 heterocycles. The van der Waals surface area contributed by atoms with Crippen LogP contribution in [0.15, 0.2) is 83.8 Å². The molecule has 0 spiro atoms. The second-order valence-corrected chi connectivity index (χ2v) is 9.59. The fourth-order valence-corrected chi connectivity index (χ4v) is 5.39. The van der Waals surface area contributed by atoms with Crippen molar-refractivity contribution < 1.29 is 22.0 Å². The zero-order valence-corrected chi connectivity index (χ0v) is 18.5. The number of halogens is 2. The third-order valence-electron chi connectivity index (χ3n) is 5.57. The minimum atomic E-state index is -3.98. The number of rotatable bonds is 6. The van der Waals surface area contributed by atoms with Crippen LogP contribution in [-0.2, 0) is 14.8 Å². The fraction of sp³-hybridized carbons (Fsp3) is 0.208. The number of nitrogens with zero attached hydrogens (tertiary/aromatic N) is 2. The number of carbonyl (C=O) groups is 1. The number of piperazine rings is 1. The standard InChI is InChI=1S/C24H23F2N3O3S/c25-19-10-12-20(13-11-19)27-24(30)23(18-6-2-1-3-7-18)28-14-16-29(17-15-28)33(31,32)22-9-5-4-8-21(22)26/h1-13,23H,14-17H2,(H,27,30)/t23-/m1/s1. The van der Waals surface area contributed by atoms with Crippen LogP contribution in [0.25, 0.3) is 0 Å². The molecule has 0 radical (unpaired) electrons. The van der Waals surface area contributed by atoms with Gasteiger partial charge in [0.2, 0.25) is 15.9 Å². The molecule has 1 amide bonds. The molecule has 172 valence electrons. The zero-order valence-electron chi connectivity index (χ0n) is 17.7. The normalized spacial score (nSPS) is 16.3. The Morgan fingerprint density at radius 1 is 0.818 bits per heavy atom. The van der Waals surface area contributed by atoms with Crippen molar-refractivity contribution in [2.45, 2.75) is 10.9 Å². The van der Waals surface area contributed by atoms with Gasteiger partial charge in [-0.25, -0.2) is 17.2 Å². The Kier molecular flexibility index (Phi) is 6.83. The van der Waals surface area contributed by atoms with E-state index in [1.54, 1.807) is 0 Å². The Morgan fingerprint density at radius 2 is 1.42 bits per heavy atom. The van der Waals surface area contributed by atoms with E-state index >= 15 is 0 Å². The molecule has 9 heteroatoms. The Hall–Kier alpha value is -3.14. The van der Waals surface area contributed by atoms with Gasteiger partial charge in [0.25, 0.3) is 0 Å². The largest absolute Gasteiger partial charge is 0.324 e. The highest BCUT2D eigenvalue weighted by Crippen LogP contribution is 2.27. The molecule has 1 N–H and O–H groups in total. The number of carbonyl (C=O) groups excluding carboxylic acids is 1. The number of amides is 1. The predicted molar refractivity (Wildman–Crippen MR) is 121 cm³/mol. The second-order valence-electron chi connectivity index (χ2n) is 7.68. The first kappa shape index (κ1) is 23.0. The Morgan fingerprint density at radius 3 is 2.06 bits per heavy atom. The molecule has 1 aliphatic rings. The lowest BCUT2D eigenvalue weighted by atomic mass is 10.0. The number of hydrogen-bond acceptors (Lipinski definition) is 4. The quantitative estimate of drug-likeness (QED) is 0.596. The number of anilines is 1. The monoisotopic (exact) mass is 471 g/mol. The summed E-state index contributed by atoms with van der Waals surface area (Å²) in [5.74, 6) is -1.50. The predicted octanol–water partition coefficient (Wildman–Crippen LogP) is 3.65. The van der Waals surface area contributed by atoms with E-state index in [9.17, 15) is 22.0 Å². The first-order valence-corrected chi connectivity index (χ1v) is 11.9. The Balaban J connectivity index is 1.53. The minimum absolute atomic E-state index is 0.115. The summed E-state index contributed by atoms with van der Waals surface area (Å²) in [6, 6.07) is 19.3. The van der Waals surface area contributed by atoms with E-state index in [-0.39, 0.29) is 37.0 Å². The summed E-state index contributed by atoms with van der Waals surface area (Å²) in [6.07, 6.45) is 0. The molecule has 3 aromatic carbocycles. The molecular weight excluding hydrogens is 448 g/mol. The maximum Gasteiger partial charge on any atom is 0.246 e. The highest BCUT2D eigenvalue weighted by Gasteiger charge is 2.35. The van der Waals surface area contributed by atoms with Crippen LogP contribution in [0.4, 0.5) is 14.5 Å². The first-order valence-electron chi connectivity index (χ1n) is 10.5. The SMILES string of the molecule is O=C(Nc1ccc(F)cc1)[C@@H](c1ccccc1)N1CCN(S(=O)(=O)c2ccccc2F)CC1. The molecular formula is C24H23F2N3O3S. The average Bonchev–Trinajstić information content (AvgIpc) is 2.82. The number of nitrogens with one attached hydrogen (secondary N) is 1. The molecule has 0 aromatic heterocycles. The summed E-state index contributed by atoms with van der Waals surface area (Å²) in [4.78, 5) is 14.7. The van der Waals surface area contributed by atoms with Crippen molar-refractivity contribution in [2.24, 2.45) is 0 Å². The van der Waals surface area contributed by atoms with Crippen molar-refractivity contribution in [3.8, 4) is 0 Å². The lowest BCUT2D eigenvalue weighted by Crippen LogP contribution is -2.51. The lowest BCUT2D eigenvalue weighted by Gasteiger charge is -2.38. The van der Waals surface area contributed by atoms with Gasteiger partial charge in [0.05, 0.1) is 0 Å². The highest BCUT2D eigenvalue weighted by molar-refractivity contribution is 7.89. The van der Waals surface area contributed by atoms with Crippen LogP contribution in [0.3, 0.4) is 0 Å². The van der Waals surface area contributed by atoms with Gasteiger partial charge in [-0.2, -0.15) is 4.31 Å². The van der Waals surface area contributed by atoms with Crippen LogP contribution in [0.2, 0.25) is 0 Å². The summed E-state index contributed by atoms with van der Waals surface area (Å²) in [5.41, 5.74) is 1.21. The Labute approximate surface area is 191 Å². The molecule has 0 bridgehead atoms. The van der Waals surface area contributed by atoms with Crippen molar-refractivity contribution in [2.75, 3.05) is 31.5 Å². The molecule has 6 nitrogen and oxygen atoms in total. The molecule has 1 atom stereocenters. The van der Waals surface area contributed by atoms with Gasteiger partial charge in [0, 0.05) is 31.9 Å². The first-order chi connectivity index (χ1) is 15.9. The minimum Gasteiger partial charge on any atom is -0.324 e. The Bertz CT molecular complexity index is 1210. The third-order valence-corrected chi connectivity index (χ3v) is 7.50. The fourth-order valence-electron chi connectivity index (χ4n) is 3.90. The van der Waals surface area contributed by atoms with Crippen molar-refractivity contribution in [1.29, 1.82) is 0 Å². The van der Waals surface area contributed by atoms with Crippen LogP contribution >= 0.6 is 0 Å². The summed E-state index contributed by atoms with van der Waals surface area (Å²) in [6.45, 7) is 0.793. The summed E-state index contributed by atoms with van der Waals surface area (Å²) in [5, 5.41) is 2.81. The van der Waals surface area contributed by atoms with E-state index in [1.165, 1.54) is 46.8 Å². The van der Waals surface area contributed by atoms with Crippen LogP contribution < -0.4 is 5.32 Å². The van der Waals surface area contributed by atoms with E-state index in [0.717, 1.165) is 11.6 Å². The molecule has 4 rings (SSSR count). The van der Waals surface area contributed by atoms with Crippen molar-refractivity contribution in [1.82, 2.24) is 9.21 Å². The average molecular weight is 472 g/mol. The molecule has 0 unspecified atom stereocenters. The number of hydrogen-bond donors (Lipinski definition) is 1. The van der Waals surface area contributed by atoms with Gasteiger partial charge < -0.3 is 5.32 Å². The summed E-state index contributed by atoms with van der Waals surface area (Å²) < 4.78 is 54.4. The van der Waals surface area contributed by atoms with Crippen LogP contribution in [0.1, 0.15) is 11.6 Å². The topological polar surface area (TPSA) is 69.7 Å². The maximum atomic E-state index is 14.1. The lowest BCUT2D eigenvalue weighted by molar-refractivity contribution is -0.122. The molecule has 33 heavy (non-hydrogen) atoms. The van der Waals surface area contributed by atoms with Crippen LogP contribution in [0, 0.1) is 11.6 Å². The molecule has 0 aliphatic carbocycles. The smallest absolute Gasteiger partial charge is 0.246 e. The third kappa shape index (κ3) is 5.11. The zero-order chi connectivity index (χ0) is 23.4. The van der Waals surface area contributed by atoms with Gasteiger partial charge in [-0.3, -0.25) is 9.69 Å². The van der Waals surface area contributed by atoms with Gasteiger partial charge in [-0.1, -0.05) is 42.5 Å². The molecule has 1 aliphatic heterocycles. The van der Waals surface area contributed by atoms with Gasteiger partial charge in [0.1, 0.15) is 22.6 Å². The number of benzene rings is 3. The van der Waals surface area contributed by atoms with Crippen molar-refractivity contribution in [3.05, 3.63) is 96.1 Å². The van der Waals surface area contributed by atoms with Gasteiger partial charge in [-0.05, 0) is 42.0 Å². The van der Waals surface area contributed by atoms with E-state index in [0.29, 0.717) is 5.69 Å². The summed E-state index contributed by atoms with van der Waals surface area (Å²) in [7, 11) is -3.98. The van der Waals surface area contributed by atoms with E-state index in [4.69, 9.17) is 0 Å². The summed E-state index contributed by atoms with van der Waals surface area (Å²) >= 11 is 0. The number of sulfonamides is 1. The van der Waals surface area contributed by atoms with Crippen molar-refractivity contribution in [3.63, 3.8) is 0 Å². The molecule has 0 saturated carbocycles. The van der Waals surface area contributed by atoms with E-state index in [1.807, 2.05) is 35.2 Å². The van der Waals surface area contributed by atoms with Gasteiger partial charge in [-0.15, -0.1) is 0 Å². The van der Waals surface area contributed by atoms with E-state index in [2.05, 4.69) is 5.32 Å². The van der Waals surface area contributed by atoms with E-state index < -0.39 is 27.7 Å². The van der Waals surface area contributed by atoms with Gasteiger partial charge in [0.15, 0.2) is 0 Å². The molecule has 3 aromatic rings.